The van der Waals surface area contributed by atoms with E-state index >= 15 is 0 Å². The number of aromatic amines is 1. The van der Waals surface area contributed by atoms with Gasteiger partial charge in [0.1, 0.15) is 11.6 Å². The lowest BCUT2D eigenvalue weighted by Gasteiger charge is -2.16. The standard InChI is InChI=1S/C23H26N4O3/c1-13-19(15(3)26-23(30)20(13)12-24)10-11-21(28)25-14(2)16-6-8-18(9-7-16)27-22(29)17-4-5-17/h6-9,14,17H,4-5,10-11H2,1-3H3,(H,25,28)(H,26,30)(H,27,29). The van der Waals surface area contributed by atoms with Gasteiger partial charge in [-0.3, -0.25) is 14.4 Å². The molecule has 7 nitrogen and oxygen atoms in total. The van der Waals surface area contributed by atoms with E-state index in [1.807, 2.05) is 37.3 Å². The summed E-state index contributed by atoms with van der Waals surface area (Å²) in [4.78, 5) is 38.8. The van der Waals surface area contributed by atoms with Crippen LogP contribution in [0.4, 0.5) is 5.69 Å². The quantitative estimate of drug-likeness (QED) is 0.655. The number of carbonyl (C=O) groups is 2. The normalized spacial score (nSPS) is 13.9. The minimum absolute atomic E-state index is 0.0662. The molecule has 0 saturated heterocycles. The van der Waals surface area contributed by atoms with Crippen LogP contribution < -0.4 is 16.2 Å². The third-order valence-electron chi connectivity index (χ3n) is 5.53. The summed E-state index contributed by atoms with van der Waals surface area (Å²) in [7, 11) is 0. The Morgan fingerprint density at radius 2 is 1.90 bits per heavy atom. The van der Waals surface area contributed by atoms with E-state index in [0.29, 0.717) is 17.7 Å². The van der Waals surface area contributed by atoms with Crippen molar-refractivity contribution in [3.63, 3.8) is 0 Å². The summed E-state index contributed by atoms with van der Waals surface area (Å²) in [6, 6.07) is 9.21. The second-order valence-corrected chi connectivity index (χ2v) is 7.84. The topological polar surface area (TPSA) is 115 Å². The van der Waals surface area contributed by atoms with Gasteiger partial charge in [-0.2, -0.15) is 5.26 Å². The lowest BCUT2D eigenvalue weighted by Crippen LogP contribution is -2.27. The van der Waals surface area contributed by atoms with Crippen molar-refractivity contribution in [3.05, 3.63) is 62.6 Å². The highest BCUT2D eigenvalue weighted by Crippen LogP contribution is 2.30. The Labute approximate surface area is 175 Å². The molecule has 0 aliphatic heterocycles. The summed E-state index contributed by atoms with van der Waals surface area (Å²) < 4.78 is 0. The summed E-state index contributed by atoms with van der Waals surface area (Å²) in [6.45, 7) is 5.41. The second-order valence-electron chi connectivity index (χ2n) is 7.84. The van der Waals surface area contributed by atoms with Gasteiger partial charge >= 0.3 is 0 Å². The molecule has 156 valence electrons. The molecule has 1 aromatic heterocycles. The number of hydrogen-bond acceptors (Lipinski definition) is 4. The molecule has 1 fully saturated rings. The molecule has 1 atom stereocenters. The van der Waals surface area contributed by atoms with Crippen molar-refractivity contribution in [2.24, 2.45) is 5.92 Å². The summed E-state index contributed by atoms with van der Waals surface area (Å²) in [6.07, 6.45) is 2.61. The molecule has 1 heterocycles. The first-order valence-corrected chi connectivity index (χ1v) is 10.1. The Morgan fingerprint density at radius 1 is 1.23 bits per heavy atom. The van der Waals surface area contributed by atoms with E-state index in [1.165, 1.54) is 0 Å². The molecule has 30 heavy (non-hydrogen) atoms. The van der Waals surface area contributed by atoms with E-state index in [2.05, 4.69) is 15.6 Å². The van der Waals surface area contributed by atoms with Gasteiger partial charge < -0.3 is 15.6 Å². The molecule has 2 amide bonds. The zero-order valence-corrected chi connectivity index (χ0v) is 17.5. The van der Waals surface area contributed by atoms with Gasteiger partial charge in [0.15, 0.2) is 0 Å². The minimum atomic E-state index is -0.397. The molecule has 2 aromatic rings. The van der Waals surface area contributed by atoms with Crippen LogP contribution in [-0.2, 0) is 16.0 Å². The molecule has 1 aliphatic rings. The third-order valence-corrected chi connectivity index (χ3v) is 5.53. The zero-order chi connectivity index (χ0) is 21.8. The predicted molar refractivity (Wildman–Crippen MR) is 114 cm³/mol. The van der Waals surface area contributed by atoms with Gasteiger partial charge in [-0.25, -0.2) is 0 Å². The van der Waals surface area contributed by atoms with Crippen molar-refractivity contribution < 1.29 is 9.59 Å². The predicted octanol–water partition coefficient (Wildman–Crippen LogP) is 3.02. The first-order valence-electron chi connectivity index (χ1n) is 10.1. The number of aromatic nitrogens is 1. The van der Waals surface area contributed by atoms with Gasteiger partial charge in [-0.1, -0.05) is 12.1 Å². The van der Waals surface area contributed by atoms with E-state index in [9.17, 15) is 14.4 Å². The lowest BCUT2D eigenvalue weighted by molar-refractivity contribution is -0.121. The van der Waals surface area contributed by atoms with Crippen LogP contribution in [0.25, 0.3) is 0 Å². The highest BCUT2D eigenvalue weighted by molar-refractivity contribution is 5.94. The number of carbonyl (C=O) groups excluding carboxylic acids is 2. The molecule has 0 bridgehead atoms. The Balaban J connectivity index is 1.57. The molecular formula is C23H26N4O3. The van der Waals surface area contributed by atoms with Crippen molar-refractivity contribution >= 4 is 17.5 Å². The number of nitrogens with one attached hydrogen (secondary N) is 3. The third kappa shape index (κ3) is 4.95. The Bertz CT molecular complexity index is 1060. The van der Waals surface area contributed by atoms with Gasteiger partial charge in [0.05, 0.1) is 6.04 Å². The summed E-state index contributed by atoms with van der Waals surface area (Å²) in [5.41, 5.74) is 3.53. The minimum Gasteiger partial charge on any atom is -0.350 e. The van der Waals surface area contributed by atoms with Gasteiger partial charge in [-0.15, -0.1) is 0 Å². The fourth-order valence-electron chi connectivity index (χ4n) is 3.50. The summed E-state index contributed by atoms with van der Waals surface area (Å²) in [5, 5.41) is 15.0. The molecule has 1 aliphatic carbocycles. The number of rotatable bonds is 7. The van der Waals surface area contributed by atoms with Crippen molar-refractivity contribution in [2.45, 2.75) is 52.5 Å². The van der Waals surface area contributed by atoms with Crippen molar-refractivity contribution in [1.82, 2.24) is 10.3 Å². The van der Waals surface area contributed by atoms with E-state index in [0.717, 1.165) is 29.7 Å². The summed E-state index contributed by atoms with van der Waals surface area (Å²) >= 11 is 0. The molecule has 0 radical (unpaired) electrons. The number of amides is 2. The molecule has 1 aromatic carbocycles. The monoisotopic (exact) mass is 406 g/mol. The maximum Gasteiger partial charge on any atom is 0.266 e. The van der Waals surface area contributed by atoms with E-state index in [1.54, 1.807) is 13.8 Å². The lowest BCUT2D eigenvalue weighted by atomic mass is 9.99. The van der Waals surface area contributed by atoms with Gasteiger partial charge in [0.25, 0.3) is 5.56 Å². The first kappa shape index (κ1) is 21.3. The van der Waals surface area contributed by atoms with Crippen molar-refractivity contribution in [3.8, 4) is 6.07 Å². The number of nitriles is 1. The van der Waals surface area contributed by atoms with Crippen LogP contribution in [0.2, 0.25) is 0 Å². The molecule has 7 heteroatoms. The van der Waals surface area contributed by atoms with Crippen LogP contribution in [0.5, 0.6) is 0 Å². The van der Waals surface area contributed by atoms with Crippen LogP contribution in [0.3, 0.4) is 0 Å². The number of benzene rings is 1. The molecule has 0 spiro atoms. The second kappa shape index (κ2) is 8.95. The van der Waals surface area contributed by atoms with Crippen LogP contribution in [0.1, 0.15) is 60.2 Å². The van der Waals surface area contributed by atoms with Crippen molar-refractivity contribution in [1.29, 1.82) is 5.26 Å². The maximum atomic E-state index is 12.4. The largest absolute Gasteiger partial charge is 0.350 e. The highest BCUT2D eigenvalue weighted by Gasteiger charge is 2.29. The number of aryl methyl sites for hydroxylation is 1. The van der Waals surface area contributed by atoms with Gasteiger partial charge in [0, 0.05) is 23.7 Å². The molecule has 3 N–H and O–H groups in total. The molecular weight excluding hydrogens is 380 g/mol. The van der Waals surface area contributed by atoms with Crippen LogP contribution in [0, 0.1) is 31.1 Å². The summed E-state index contributed by atoms with van der Waals surface area (Å²) in [5.74, 6) is 0.107. The fraction of sp³-hybridized carbons (Fsp3) is 0.391. The van der Waals surface area contributed by atoms with E-state index < -0.39 is 5.56 Å². The van der Waals surface area contributed by atoms with Crippen molar-refractivity contribution in [2.75, 3.05) is 5.32 Å². The van der Waals surface area contributed by atoms with Crippen LogP contribution in [-0.4, -0.2) is 16.8 Å². The number of anilines is 1. The zero-order valence-electron chi connectivity index (χ0n) is 17.5. The fourth-order valence-corrected chi connectivity index (χ4v) is 3.50. The number of H-pyrrole nitrogens is 1. The Kier molecular flexibility index (Phi) is 6.36. The number of nitrogens with zero attached hydrogens (tertiary/aromatic N) is 1. The van der Waals surface area contributed by atoms with E-state index in [-0.39, 0.29) is 35.8 Å². The maximum absolute atomic E-state index is 12.4. The number of hydrogen-bond donors (Lipinski definition) is 3. The van der Waals surface area contributed by atoms with Gasteiger partial charge in [-0.05, 0) is 68.9 Å². The smallest absolute Gasteiger partial charge is 0.266 e. The average Bonchev–Trinajstić information content (AvgIpc) is 3.53. The molecule has 3 rings (SSSR count). The molecule has 1 unspecified atom stereocenters. The first-order chi connectivity index (χ1) is 14.3. The number of pyridine rings is 1. The average molecular weight is 406 g/mol. The Morgan fingerprint density at radius 3 is 2.50 bits per heavy atom. The SMILES string of the molecule is Cc1[nH]c(=O)c(C#N)c(C)c1CCC(=O)NC(C)c1ccc(NC(=O)C2CC2)cc1. The van der Waals surface area contributed by atoms with Crippen LogP contribution >= 0.6 is 0 Å². The Hall–Kier alpha value is -3.40. The van der Waals surface area contributed by atoms with Gasteiger partial charge in [0.2, 0.25) is 11.8 Å². The van der Waals surface area contributed by atoms with E-state index in [4.69, 9.17) is 5.26 Å². The molecule has 1 saturated carbocycles. The van der Waals surface area contributed by atoms with Crippen LogP contribution in [0.15, 0.2) is 29.1 Å². The highest BCUT2D eigenvalue weighted by atomic mass is 16.2.